The van der Waals surface area contributed by atoms with Gasteiger partial charge < -0.3 is 10.4 Å². The zero-order valence-corrected chi connectivity index (χ0v) is 12.1. The van der Waals surface area contributed by atoms with Crippen LogP contribution in [0.3, 0.4) is 0 Å². The number of benzene rings is 1. The Bertz CT molecular complexity index is 604. The molecule has 1 aromatic carbocycles. The van der Waals surface area contributed by atoms with Crippen LogP contribution in [0.4, 0.5) is 10.1 Å². The van der Waals surface area contributed by atoms with Gasteiger partial charge >= 0.3 is 0 Å². The van der Waals surface area contributed by atoms with E-state index in [-0.39, 0.29) is 33.5 Å². The number of rotatable bonds is 2. The summed E-state index contributed by atoms with van der Waals surface area (Å²) in [5.41, 5.74) is -0.236. The Balaban J connectivity index is 1.81. The highest BCUT2D eigenvalue weighted by atomic mass is 79.9. The van der Waals surface area contributed by atoms with Gasteiger partial charge in [0.1, 0.15) is 17.2 Å². The number of Topliss-reactive ketones (excluding diaryl/α,β-unsaturated/α-hetero) is 1. The molecule has 2 saturated carbocycles. The Labute approximate surface area is 123 Å². The van der Waals surface area contributed by atoms with Crippen molar-refractivity contribution in [1.82, 2.24) is 0 Å². The summed E-state index contributed by atoms with van der Waals surface area (Å²) < 4.78 is 14.0. The summed E-state index contributed by atoms with van der Waals surface area (Å²) in [5.74, 6) is -1.67. The first-order valence-corrected chi connectivity index (χ1v) is 7.27. The third kappa shape index (κ3) is 2.12. The summed E-state index contributed by atoms with van der Waals surface area (Å²) in [5, 5.41) is 12.1. The molecule has 2 aliphatic carbocycles. The lowest BCUT2D eigenvalue weighted by Crippen LogP contribution is -2.31. The molecule has 2 fully saturated rings. The molecule has 4 nitrogen and oxygen atoms in total. The second kappa shape index (κ2) is 4.84. The predicted molar refractivity (Wildman–Crippen MR) is 73.7 cm³/mol. The molecule has 1 amide bonds. The van der Waals surface area contributed by atoms with Gasteiger partial charge in [-0.1, -0.05) is 0 Å². The standard InChI is InChI=1S/C14H13BrFNO3/c15-9-1-2-10(18)13(12(9)16)17-14(20)8-4-6-3-7(8)11(19)5-6/h1-2,6-8,18H,3-5H2,(H,17,20)/t6-,7+,8?/m0/s1. The number of nitrogens with one attached hydrogen (secondary N) is 1. The molecule has 1 aromatic rings. The van der Waals surface area contributed by atoms with Crippen LogP contribution < -0.4 is 5.32 Å². The van der Waals surface area contributed by atoms with Crippen molar-refractivity contribution in [1.29, 1.82) is 0 Å². The summed E-state index contributed by atoms with van der Waals surface area (Å²) in [6, 6.07) is 2.66. The first-order valence-electron chi connectivity index (χ1n) is 6.48. The van der Waals surface area contributed by atoms with Gasteiger partial charge in [-0.15, -0.1) is 0 Å². The summed E-state index contributed by atoms with van der Waals surface area (Å²) >= 11 is 3.00. The van der Waals surface area contributed by atoms with Gasteiger partial charge in [-0.05, 0) is 46.8 Å². The highest BCUT2D eigenvalue weighted by Crippen LogP contribution is 2.46. The number of hydrogen-bond donors (Lipinski definition) is 2. The van der Waals surface area contributed by atoms with Gasteiger partial charge in [-0.2, -0.15) is 0 Å². The van der Waals surface area contributed by atoms with E-state index in [1.54, 1.807) is 0 Å². The van der Waals surface area contributed by atoms with Gasteiger partial charge in [0.05, 0.1) is 4.47 Å². The van der Waals surface area contributed by atoms with Crippen LogP contribution in [0.5, 0.6) is 5.75 Å². The van der Waals surface area contributed by atoms with Crippen molar-refractivity contribution in [3.05, 3.63) is 22.4 Å². The Kier molecular flexibility index (Phi) is 3.28. The Morgan fingerprint density at radius 3 is 2.80 bits per heavy atom. The largest absolute Gasteiger partial charge is 0.506 e. The third-order valence-corrected chi connectivity index (χ3v) is 4.83. The highest BCUT2D eigenvalue weighted by Gasteiger charge is 2.48. The summed E-state index contributed by atoms with van der Waals surface area (Å²) in [4.78, 5) is 23.9. The van der Waals surface area contributed by atoms with Crippen molar-refractivity contribution in [2.75, 3.05) is 5.32 Å². The van der Waals surface area contributed by atoms with E-state index in [1.165, 1.54) is 12.1 Å². The number of hydrogen-bond acceptors (Lipinski definition) is 3. The van der Waals surface area contributed by atoms with Crippen molar-refractivity contribution < 1.29 is 19.1 Å². The second-order valence-electron chi connectivity index (χ2n) is 5.47. The molecular formula is C14H13BrFNO3. The average molecular weight is 342 g/mol. The van der Waals surface area contributed by atoms with Crippen LogP contribution in [0.15, 0.2) is 16.6 Å². The lowest BCUT2D eigenvalue weighted by atomic mass is 9.87. The maximum absolute atomic E-state index is 13.9. The van der Waals surface area contributed by atoms with E-state index in [9.17, 15) is 19.1 Å². The van der Waals surface area contributed by atoms with Crippen molar-refractivity contribution in [2.24, 2.45) is 17.8 Å². The van der Waals surface area contributed by atoms with Crippen LogP contribution in [0.1, 0.15) is 19.3 Å². The summed E-state index contributed by atoms with van der Waals surface area (Å²) in [6.45, 7) is 0. The van der Waals surface area contributed by atoms with Gasteiger partial charge in [0.15, 0.2) is 5.82 Å². The van der Waals surface area contributed by atoms with Crippen LogP contribution in [-0.2, 0) is 9.59 Å². The lowest BCUT2D eigenvalue weighted by Gasteiger charge is -2.20. The molecule has 0 aromatic heterocycles. The number of anilines is 1. The molecule has 6 heteroatoms. The van der Waals surface area contributed by atoms with Crippen LogP contribution in [0.2, 0.25) is 0 Å². The first kappa shape index (κ1) is 13.5. The Hall–Kier alpha value is -1.43. The highest BCUT2D eigenvalue weighted by molar-refractivity contribution is 9.10. The maximum atomic E-state index is 13.9. The maximum Gasteiger partial charge on any atom is 0.228 e. The molecule has 106 valence electrons. The number of carbonyl (C=O) groups is 2. The number of amides is 1. The minimum Gasteiger partial charge on any atom is -0.506 e. The van der Waals surface area contributed by atoms with Crippen LogP contribution in [0.25, 0.3) is 0 Å². The van der Waals surface area contributed by atoms with Gasteiger partial charge in [-0.3, -0.25) is 9.59 Å². The monoisotopic (exact) mass is 341 g/mol. The third-order valence-electron chi connectivity index (χ3n) is 4.22. The predicted octanol–water partition coefficient (Wildman–Crippen LogP) is 2.85. The van der Waals surface area contributed by atoms with E-state index in [4.69, 9.17) is 0 Å². The van der Waals surface area contributed by atoms with Crippen LogP contribution >= 0.6 is 15.9 Å². The number of phenolic OH excluding ortho intramolecular Hbond substituents is 1. The molecule has 20 heavy (non-hydrogen) atoms. The summed E-state index contributed by atoms with van der Waals surface area (Å²) in [7, 11) is 0. The van der Waals surface area contributed by atoms with Crippen molar-refractivity contribution >= 4 is 33.3 Å². The lowest BCUT2D eigenvalue weighted by molar-refractivity contribution is -0.130. The molecule has 3 rings (SSSR count). The van der Waals surface area contributed by atoms with Crippen LogP contribution in [0, 0.1) is 23.6 Å². The first-order chi connectivity index (χ1) is 9.47. The van der Waals surface area contributed by atoms with E-state index in [0.717, 1.165) is 6.42 Å². The van der Waals surface area contributed by atoms with Gasteiger partial charge in [-0.25, -0.2) is 4.39 Å². The average Bonchev–Trinajstić information content (AvgIpc) is 2.98. The van der Waals surface area contributed by atoms with Gasteiger partial charge in [0, 0.05) is 18.3 Å². The molecule has 0 saturated heterocycles. The van der Waals surface area contributed by atoms with E-state index in [1.807, 2.05) is 0 Å². The Morgan fingerprint density at radius 1 is 1.40 bits per heavy atom. The molecule has 2 aliphatic rings. The molecule has 0 spiro atoms. The molecule has 0 aliphatic heterocycles. The zero-order chi connectivity index (χ0) is 14.4. The SMILES string of the molecule is O=C(Nc1c(O)ccc(Br)c1F)C1C[C@H]2CC(=O)[C@@H]1C2. The van der Waals surface area contributed by atoms with Crippen molar-refractivity contribution in [2.45, 2.75) is 19.3 Å². The Morgan fingerprint density at radius 2 is 2.15 bits per heavy atom. The second-order valence-corrected chi connectivity index (χ2v) is 6.32. The number of ketones is 1. The number of carbonyl (C=O) groups excluding carboxylic acids is 2. The minimum atomic E-state index is -0.715. The van der Waals surface area contributed by atoms with Crippen molar-refractivity contribution in [3.8, 4) is 5.75 Å². The molecule has 0 heterocycles. The normalized spacial score (nSPS) is 27.9. The molecule has 3 atom stereocenters. The van der Waals surface area contributed by atoms with E-state index in [0.29, 0.717) is 12.8 Å². The van der Waals surface area contributed by atoms with E-state index < -0.39 is 17.6 Å². The van der Waals surface area contributed by atoms with Gasteiger partial charge in [0.2, 0.25) is 5.91 Å². The summed E-state index contributed by atoms with van der Waals surface area (Å²) in [6.07, 6.45) is 1.98. The van der Waals surface area contributed by atoms with E-state index >= 15 is 0 Å². The number of aromatic hydroxyl groups is 1. The molecule has 2 bridgehead atoms. The zero-order valence-electron chi connectivity index (χ0n) is 10.5. The molecule has 1 unspecified atom stereocenters. The fourth-order valence-corrected chi connectivity index (χ4v) is 3.60. The molecular weight excluding hydrogens is 329 g/mol. The molecule has 2 N–H and O–H groups in total. The van der Waals surface area contributed by atoms with Crippen LogP contribution in [-0.4, -0.2) is 16.8 Å². The van der Waals surface area contributed by atoms with Gasteiger partial charge in [0.25, 0.3) is 0 Å². The fraction of sp³-hybridized carbons (Fsp3) is 0.429. The van der Waals surface area contributed by atoms with E-state index in [2.05, 4.69) is 21.2 Å². The fourth-order valence-electron chi connectivity index (χ4n) is 3.27. The topological polar surface area (TPSA) is 66.4 Å². The quantitative estimate of drug-likeness (QED) is 0.813. The number of halogens is 2. The molecule has 0 radical (unpaired) electrons. The smallest absolute Gasteiger partial charge is 0.228 e. The van der Waals surface area contributed by atoms with Crippen molar-refractivity contribution in [3.63, 3.8) is 0 Å². The number of fused-ring (bicyclic) bond motifs is 2. The number of phenols is 1. The minimum absolute atomic E-state index is 0.125.